The van der Waals surface area contributed by atoms with Crippen LogP contribution in [0.15, 0.2) is 39.7 Å². The highest BCUT2D eigenvalue weighted by atomic mass is 31.2. The van der Waals surface area contributed by atoms with Crippen LogP contribution in [0.4, 0.5) is 0 Å². The van der Waals surface area contributed by atoms with Crippen LogP contribution < -0.4 is 5.43 Å². The average molecular weight is 256 g/mol. The van der Waals surface area contributed by atoms with Crippen LogP contribution in [0.3, 0.4) is 0 Å². The fraction of sp³-hybridized carbons (Fsp3) is 0.100. The third-order valence-corrected chi connectivity index (χ3v) is 2.61. The van der Waals surface area contributed by atoms with Crippen molar-refractivity contribution in [3.63, 3.8) is 0 Å². The summed E-state index contributed by atoms with van der Waals surface area (Å²) in [6, 6.07) is 6.59. The monoisotopic (exact) mass is 256 g/mol. The summed E-state index contributed by atoms with van der Waals surface area (Å²) in [4.78, 5) is 28.9. The SMILES string of the molecule is O=c1c(COP(=O)(O)O)coc2ccccc12. The summed E-state index contributed by atoms with van der Waals surface area (Å²) in [5.41, 5.74) is 0.116. The highest BCUT2D eigenvalue weighted by Crippen LogP contribution is 2.36. The van der Waals surface area contributed by atoms with E-state index in [-0.39, 0.29) is 11.0 Å². The lowest BCUT2D eigenvalue weighted by molar-refractivity contribution is 0.187. The Balaban J connectivity index is 2.40. The second-order valence-corrected chi connectivity index (χ2v) is 4.59. The molecule has 2 aromatic rings. The van der Waals surface area contributed by atoms with Gasteiger partial charge in [-0.05, 0) is 12.1 Å². The normalized spacial score (nSPS) is 11.9. The zero-order valence-corrected chi connectivity index (χ0v) is 9.46. The molecule has 0 unspecified atom stereocenters. The van der Waals surface area contributed by atoms with E-state index in [9.17, 15) is 9.36 Å². The first kappa shape index (κ1) is 12.0. The predicted octanol–water partition coefficient (Wildman–Crippen LogP) is 1.40. The van der Waals surface area contributed by atoms with Crippen LogP contribution in [0.25, 0.3) is 11.0 Å². The molecule has 1 aromatic carbocycles. The number of benzene rings is 1. The van der Waals surface area contributed by atoms with Gasteiger partial charge >= 0.3 is 7.82 Å². The van der Waals surface area contributed by atoms with E-state index < -0.39 is 14.4 Å². The Morgan fingerprint density at radius 1 is 1.29 bits per heavy atom. The smallest absolute Gasteiger partial charge is 0.464 e. The summed E-state index contributed by atoms with van der Waals surface area (Å²) in [7, 11) is -4.59. The Labute approximate surface area is 95.7 Å². The molecule has 0 fully saturated rings. The van der Waals surface area contributed by atoms with E-state index in [1.165, 1.54) is 0 Å². The first-order chi connectivity index (χ1) is 7.97. The van der Waals surface area contributed by atoms with Crippen molar-refractivity contribution in [2.75, 3.05) is 0 Å². The van der Waals surface area contributed by atoms with Crippen LogP contribution in [-0.2, 0) is 15.7 Å². The van der Waals surface area contributed by atoms with Crippen molar-refractivity contribution in [2.45, 2.75) is 6.61 Å². The second-order valence-electron chi connectivity index (χ2n) is 3.35. The molecule has 2 rings (SSSR count). The molecule has 0 amide bonds. The zero-order valence-electron chi connectivity index (χ0n) is 8.57. The largest absolute Gasteiger partial charge is 0.469 e. The van der Waals surface area contributed by atoms with Gasteiger partial charge in [-0.2, -0.15) is 0 Å². The highest BCUT2D eigenvalue weighted by Gasteiger charge is 2.16. The van der Waals surface area contributed by atoms with Crippen LogP contribution in [0, 0.1) is 0 Å². The Morgan fingerprint density at radius 3 is 2.71 bits per heavy atom. The summed E-state index contributed by atoms with van der Waals surface area (Å²) in [5.74, 6) is 0. The molecule has 0 aliphatic carbocycles. The molecular weight excluding hydrogens is 247 g/mol. The van der Waals surface area contributed by atoms with Crippen LogP contribution in [-0.4, -0.2) is 9.79 Å². The Hall–Kier alpha value is -1.46. The number of phosphoric acid groups is 1. The number of hydrogen-bond donors (Lipinski definition) is 2. The number of rotatable bonds is 3. The third kappa shape index (κ3) is 2.81. The van der Waals surface area contributed by atoms with Gasteiger partial charge in [0, 0.05) is 0 Å². The summed E-state index contributed by atoms with van der Waals surface area (Å²) in [5, 5.41) is 0.347. The number of para-hydroxylation sites is 1. The van der Waals surface area contributed by atoms with Crippen molar-refractivity contribution >= 4 is 18.8 Å². The molecule has 7 heteroatoms. The van der Waals surface area contributed by atoms with Crippen molar-refractivity contribution in [3.05, 3.63) is 46.3 Å². The molecule has 90 valence electrons. The summed E-state index contributed by atoms with van der Waals surface area (Å²) >= 11 is 0. The fourth-order valence-electron chi connectivity index (χ4n) is 1.37. The van der Waals surface area contributed by atoms with Gasteiger partial charge in [-0.25, -0.2) is 4.57 Å². The van der Waals surface area contributed by atoms with Gasteiger partial charge in [0.25, 0.3) is 0 Å². The van der Waals surface area contributed by atoms with Gasteiger partial charge < -0.3 is 14.2 Å². The van der Waals surface area contributed by atoms with Crippen LogP contribution in [0.2, 0.25) is 0 Å². The van der Waals surface area contributed by atoms with E-state index in [1.807, 2.05) is 0 Å². The van der Waals surface area contributed by atoms with Gasteiger partial charge in [-0.1, -0.05) is 12.1 Å². The minimum atomic E-state index is -4.59. The zero-order chi connectivity index (χ0) is 12.5. The van der Waals surface area contributed by atoms with Crippen molar-refractivity contribution in [1.29, 1.82) is 0 Å². The molecule has 0 atom stereocenters. The second kappa shape index (κ2) is 4.43. The van der Waals surface area contributed by atoms with Crippen molar-refractivity contribution < 1.29 is 23.3 Å². The Kier molecular flexibility index (Phi) is 3.13. The maximum absolute atomic E-state index is 11.9. The van der Waals surface area contributed by atoms with Crippen molar-refractivity contribution in [3.8, 4) is 0 Å². The minimum absolute atomic E-state index is 0.0621. The lowest BCUT2D eigenvalue weighted by Gasteiger charge is -2.04. The molecule has 1 heterocycles. The van der Waals surface area contributed by atoms with Gasteiger partial charge in [0.05, 0.1) is 17.6 Å². The van der Waals surface area contributed by atoms with Gasteiger partial charge in [-0.15, -0.1) is 0 Å². The lowest BCUT2D eigenvalue weighted by Crippen LogP contribution is -2.09. The fourth-order valence-corrected chi connectivity index (χ4v) is 1.68. The Bertz CT molecular complexity index is 641. The van der Waals surface area contributed by atoms with Gasteiger partial charge in [0.2, 0.25) is 0 Å². The molecule has 2 N–H and O–H groups in total. The van der Waals surface area contributed by atoms with Crippen molar-refractivity contribution in [1.82, 2.24) is 0 Å². The summed E-state index contributed by atoms with van der Waals surface area (Å²) < 4.78 is 19.9. The van der Waals surface area contributed by atoms with E-state index in [0.717, 1.165) is 6.26 Å². The first-order valence-corrected chi connectivity index (χ1v) is 6.20. The van der Waals surface area contributed by atoms with E-state index in [1.54, 1.807) is 24.3 Å². The molecule has 0 spiro atoms. The van der Waals surface area contributed by atoms with E-state index in [4.69, 9.17) is 14.2 Å². The molecule has 17 heavy (non-hydrogen) atoms. The maximum Gasteiger partial charge on any atom is 0.469 e. The van der Waals surface area contributed by atoms with Crippen LogP contribution in [0.5, 0.6) is 0 Å². The van der Waals surface area contributed by atoms with E-state index >= 15 is 0 Å². The van der Waals surface area contributed by atoms with Crippen LogP contribution >= 0.6 is 7.82 Å². The maximum atomic E-state index is 11.9. The minimum Gasteiger partial charge on any atom is -0.464 e. The first-order valence-electron chi connectivity index (χ1n) is 4.67. The van der Waals surface area contributed by atoms with Crippen molar-refractivity contribution in [2.24, 2.45) is 0 Å². The summed E-state index contributed by atoms with van der Waals surface area (Å²) in [6.07, 6.45) is 1.14. The Morgan fingerprint density at radius 2 is 2.00 bits per heavy atom. The lowest BCUT2D eigenvalue weighted by atomic mass is 10.2. The quantitative estimate of drug-likeness (QED) is 0.805. The van der Waals surface area contributed by atoms with Gasteiger partial charge in [0.1, 0.15) is 11.8 Å². The molecule has 1 aromatic heterocycles. The molecule has 6 nitrogen and oxygen atoms in total. The molecule has 0 saturated carbocycles. The molecule has 0 aliphatic heterocycles. The standard InChI is InChI=1S/C10H9O6P/c11-10-7(6-16-17(12,13)14)5-15-9-4-2-1-3-8(9)10/h1-5H,6H2,(H2,12,13,14). The molecule has 0 aliphatic rings. The molecule has 0 saturated heterocycles. The highest BCUT2D eigenvalue weighted by molar-refractivity contribution is 7.46. The van der Waals surface area contributed by atoms with Gasteiger partial charge in [-0.3, -0.25) is 9.32 Å². The number of fused-ring (bicyclic) bond motifs is 1. The molecule has 0 radical (unpaired) electrons. The third-order valence-electron chi connectivity index (χ3n) is 2.14. The molecular formula is C10H9O6P. The molecule has 0 bridgehead atoms. The summed E-state index contributed by atoms with van der Waals surface area (Å²) in [6.45, 7) is -0.489. The van der Waals surface area contributed by atoms with E-state index in [2.05, 4.69) is 4.52 Å². The average Bonchev–Trinajstić information content (AvgIpc) is 2.27. The predicted molar refractivity (Wildman–Crippen MR) is 59.3 cm³/mol. The van der Waals surface area contributed by atoms with Gasteiger partial charge in [0.15, 0.2) is 5.43 Å². The van der Waals surface area contributed by atoms with E-state index in [0.29, 0.717) is 11.0 Å². The number of phosphoric ester groups is 1. The number of hydrogen-bond acceptors (Lipinski definition) is 4. The van der Waals surface area contributed by atoms with Crippen LogP contribution in [0.1, 0.15) is 5.56 Å². The topological polar surface area (TPSA) is 97.0 Å².